The summed E-state index contributed by atoms with van der Waals surface area (Å²) in [6.07, 6.45) is -2.08. The van der Waals surface area contributed by atoms with Gasteiger partial charge in [-0.05, 0) is 22.4 Å². The fourth-order valence-corrected chi connectivity index (χ4v) is 4.04. The molecule has 3 aromatic rings. The number of aromatic amines is 1. The van der Waals surface area contributed by atoms with E-state index in [9.17, 15) is 18.0 Å². The highest BCUT2D eigenvalue weighted by Crippen LogP contribution is 2.34. The van der Waals surface area contributed by atoms with E-state index in [1.165, 1.54) is 6.20 Å². The lowest BCUT2D eigenvalue weighted by atomic mass is 10.1. The van der Waals surface area contributed by atoms with Crippen molar-refractivity contribution in [2.75, 3.05) is 0 Å². The van der Waals surface area contributed by atoms with E-state index in [1.54, 1.807) is 4.68 Å². The number of thiazole rings is 1. The highest BCUT2D eigenvalue weighted by molar-refractivity contribution is 9.10. The Morgan fingerprint density at radius 1 is 1.38 bits per heavy atom. The minimum absolute atomic E-state index is 0.0753. The number of carbonyl (C=O) groups excluding carboxylic acids is 1. The first kappa shape index (κ1) is 21.4. The molecule has 0 saturated heterocycles. The van der Waals surface area contributed by atoms with Crippen molar-refractivity contribution in [2.24, 2.45) is 0 Å². The lowest BCUT2D eigenvalue weighted by molar-refractivity contribution is -0.140. The molecule has 1 aliphatic rings. The maximum absolute atomic E-state index is 12.8. The third-order valence-electron chi connectivity index (χ3n) is 4.07. The Hall–Kier alpha value is -2.28. The number of rotatable bonds is 3. The summed E-state index contributed by atoms with van der Waals surface area (Å²) >= 11 is 4.02. The van der Waals surface area contributed by atoms with Gasteiger partial charge in [-0.3, -0.25) is 9.89 Å². The van der Waals surface area contributed by atoms with E-state index in [2.05, 4.69) is 46.5 Å². The van der Waals surface area contributed by atoms with E-state index < -0.39 is 17.8 Å². The van der Waals surface area contributed by atoms with Crippen LogP contribution in [0.2, 0.25) is 0 Å². The van der Waals surface area contributed by atoms with Crippen LogP contribution in [-0.4, -0.2) is 41.9 Å². The molecule has 13 heteroatoms. The van der Waals surface area contributed by atoms with Crippen LogP contribution in [0.3, 0.4) is 0 Å². The second-order valence-electron chi connectivity index (χ2n) is 5.88. The second-order valence-corrected chi connectivity index (χ2v) is 7.45. The van der Waals surface area contributed by atoms with Gasteiger partial charge in [0.05, 0.1) is 11.8 Å². The molecule has 1 atom stereocenters. The van der Waals surface area contributed by atoms with Crippen LogP contribution in [0.1, 0.15) is 42.3 Å². The zero-order chi connectivity index (χ0) is 21.2. The molecule has 0 fully saturated rings. The van der Waals surface area contributed by atoms with E-state index in [0.717, 1.165) is 22.5 Å². The number of aromatic nitrogens is 6. The molecule has 4 rings (SSSR count). The molecule has 2 N–H and O–H groups in total. The summed E-state index contributed by atoms with van der Waals surface area (Å²) in [5, 5.41) is 14.4. The van der Waals surface area contributed by atoms with E-state index in [1.807, 2.05) is 13.8 Å². The van der Waals surface area contributed by atoms with Crippen LogP contribution in [0.5, 0.6) is 0 Å². The number of nitrogens with zero attached hydrogens (tertiary/aromatic N) is 5. The van der Waals surface area contributed by atoms with Crippen LogP contribution in [0.4, 0.5) is 13.2 Å². The molecule has 1 unspecified atom stereocenters. The van der Waals surface area contributed by atoms with Gasteiger partial charge in [-0.1, -0.05) is 13.8 Å². The standard InChI is InChI=1S/C14H11BrF3N7OS.C2H6/c15-13-22-9-3-6(1-2-25(9)24-13)20-11(26)10-7(4-19-23-10)12-21-8(5-27-12)14(16,17)18;1-2/h4-6H,1-3H2,(H,19,23)(H,20,26);1-2H3. The van der Waals surface area contributed by atoms with Crippen LogP contribution in [-0.2, 0) is 19.1 Å². The average Bonchev–Trinajstić information content (AvgIpc) is 3.40. The predicted octanol–water partition coefficient (Wildman–Crippen LogP) is 3.68. The second kappa shape index (κ2) is 8.61. The first-order chi connectivity index (χ1) is 13.8. The number of carbonyl (C=O) groups is 1. The van der Waals surface area contributed by atoms with Crippen LogP contribution in [0, 0.1) is 0 Å². The van der Waals surface area contributed by atoms with Gasteiger partial charge in [0.15, 0.2) is 5.69 Å². The smallest absolute Gasteiger partial charge is 0.347 e. The van der Waals surface area contributed by atoms with E-state index in [4.69, 9.17) is 0 Å². The van der Waals surface area contributed by atoms with Crippen molar-refractivity contribution in [2.45, 2.75) is 45.5 Å². The average molecular weight is 492 g/mol. The predicted molar refractivity (Wildman–Crippen MR) is 103 cm³/mol. The summed E-state index contributed by atoms with van der Waals surface area (Å²) in [7, 11) is 0. The number of nitrogens with one attached hydrogen (secondary N) is 2. The fraction of sp³-hybridized carbons (Fsp3) is 0.438. The lowest BCUT2D eigenvalue weighted by Crippen LogP contribution is -2.40. The Balaban J connectivity index is 0.00000117. The number of alkyl halides is 3. The molecule has 0 saturated carbocycles. The van der Waals surface area contributed by atoms with Crippen molar-refractivity contribution in [1.29, 1.82) is 0 Å². The van der Waals surface area contributed by atoms with Gasteiger partial charge in [0, 0.05) is 24.4 Å². The zero-order valence-electron chi connectivity index (χ0n) is 15.4. The zero-order valence-corrected chi connectivity index (χ0v) is 17.8. The van der Waals surface area contributed by atoms with Crippen molar-refractivity contribution < 1.29 is 18.0 Å². The van der Waals surface area contributed by atoms with E-state index in [0.29, 0.717) is 24.1 Å². The van der Waals surface area contributed by atoms with Crippen molar-refractivity contribution in [1.82, 2.24) is 35.3 Å². The summed E-state index contributed by atoms with van der Waals surface area (Å²) < 4.78 is 40.5. The Morgan fingerprint density at radius 2 is 2.14 bits per heavy atom. The third-order valence-corrected chi connectivity index (χ3v) is 5.28. The molecule has 0 bridgehead atoms. The Morgan fingerprint density at radius 3 is 2.83 bits per heavy atom. The molecule has 0 aliphatic carbocycles. The molecule has 0 spiro atoms. The van der Waals surface area contributed by atoms with Gasteiger partial charge in [0.25, 0.3) is 5.91 Å². The quantitative estimate of drug-likeness (QED) is 0.581. The first-order valence-corrected chi connectivity index (χ1v) is 10.4. The molecule has 0 radical (unpaired) electrons. The van der Waals surface area contributed by atoms with E-state index >= 15 is 0 Å². The Labute approximate surface area is 176 Å². The highest BCUT2D eigenvalue weighted by atomic mass is 79.9. The molecule has 29 heavy (non-hydrogen) atoms. The van der Waals surface area contributed by atoms with Crippen molar-refractivity contribution in [3.63, 3.8) is 0 Å². The van der Waals surface area contributed by atoms with Crippen LogP contribution < -0.4 is 5.32 Å². The van der Waals surface area contributed by atoms with Gasteiger partial charge in [-0.15, -0.1) is 16.4 Å². The molecule has 1 amide bonds. The molecular weight excluding hydrogens is 475 g/mol. The van der Waals surface area contributed by atoms with Crippen molar-refractivity contribution >= 4 is 33.2 Å². The number of hydrogen-bond donors (Lipinski definition) is 2. The molecule has 1 aliphatic heterocycles. The maximum atomic E-state index is 12.8. The van der Waals surface area contributed by atoms with Gasteiger partial charge < -0.3 is 5.32 Å². The van der Waals surface area contributed by atoms with Gasteiger partial charge in [-0.25, -0.2) is 14.6 Å². The van der Waals surface area contributed by atoms with Crippen LogP contribution >= 0.6 is 27.3 Å². The topological polar surface area (TPSA) is 101 Å². The first-order valence-electron chi connectivity index (χ1n) is 8.78. The maximum Gasteiger partial charge on any atom is 0.434 e. The van der Waals surface area contributed by atoms with E-state index in [-0.39, 0.29) is 22.3 Å². The summed E-state index contributed by atoms with van der Waals surface area (Å²) in [5.74, 6) is 0.293. The molecule has 8 nitrogen and oxygen atoms in total. The summed E-state index contributed by atoms with van der Waals surface area (Å²) in [5.41, 5.74) is -0.687. The van der Waals surface area contributed by atoms with Crippen LogP contribution in [0.25, 0.3) is 10.6 Å². The molecular formula is C16H17BrF3N7OS. The summed E-state index contributed by atoms with van der Waals surface area (Å²) in [4.78, 5) is 20.4. The number of aryl methyl sites for hydroxylation is 1. The molecule has 3 aromatic heterocycles. The van der Waals surface area contributed by atoms with Gasteiger partial charge in [-0.2, -0.15) is 18.3 Å². The normalized spacial score (nSPS) is 16.0. The lowest BCUT2D eigenvalue weighted by Gasteiger charge is -2.23. The monoisotopic (exact) mass is 491 g/mol. The SMILES string of the molecule is CC.O=C(NC1CCn2nc(Br)nc2C1)c1[nH]ncc1-c1nc(C(F)(F)F)cs1. The summed E-state index contributed by atoms with van der Waals surface area (Å²) in [6.45, 7) is 4.61. The van der Waals surface area contributed by atoms with Crippen molar-refractivity contribution in [3.05, 3.63) is 33.5 Å². The molecule has 0 aromatic carbocycles. The molecule has 4 heterocycles. The van der Waals surface area contributed by atoms with Crippen LogP contribution in [0.15, 0.2) is 16.3 Å². The van der Waals surface area contributed by atoms with Gasteiger partial charge in [0.1, 0.15) is 16.5 Å². The number of H-pyrrole nitrogens is 1. The fourth-order valence-electron chi connectivity index (χ4n) is 2.80. The number of fused-ring (bicyclic) bond motifs is 1. The van der Waals surface area contributed by atoms with Gasteiger partial charge in [0.2, 0.25) is 4.73 Å². The third kappa shape index (κ3) is 4.66. The number of hydrogen-bond acceptors (Lipinski definition) is 6. The highest BCUT2D eigenvalue weighted by Gasteiger charge is 2.34. The Kier molecular flexibility index (Phi) is 6.36. The Bertz CT molecular complexity index is 997. The number of halogens is 4. The minimum atomic E-state index is -4.53. The van der Waals surface area contributed by atoms with Crippen molar-refractivity contribution in [3.8, 4) is 10.6 Å². The molecule has 156 valence electrons. The number of amides is 1. The summed E-state index contributed by atoms with van der Waals surface area (Å²) in [6, 6.07) is -0.167. The largest absolute Gasteiger partial charge is 0.434 e. The minimum Gasteiger partial charge on any atom is -0.347 e. The van der Waals surface area contributed by atoms with Gasteiger partial charge >= 0.3 is 6.18 Å².